The molecule has 0 saturated carbocycles. The molecule has 1 heterocycles. The summed E-state index contributed by atoms with van der Waals surface area (Å²) in [5.74, 6) is 0. The van der Waals surface area contributed by atoms with Crippen LogP contribution < -0.4 is 4.90 Å². The van der Waals surface area contributed by atoms with Gasteiger partial charge in [-0.2, -0.15) is 0 Å². The van der Waals surface area contributed by atoms with Crippen LogP contribution in [0.15, 0.2) is 48.5 Å². The van der Waals surface area contributed by atoms with E-state index in [4.69, 9.17) is 0 Å². The van der Waals surface area contributed by atoms with E-state index in [2.05, 4.69) is 30.0 Å². The molecule has 0 radical (unpaired) electrons. The summed E-state index contributed by atoms with van der Waals surface area (Å²) in [5.41, 5.74) is 4.33. The Hall–Kier alpha value is -2.09. The normalized spacial score (nSPS) is 17.6. The van der Waals surface area contributed by atoms with Crippen LogP contribution in [0.4, 0.5) is 11.4 Å². The molecule has 0 amide bonds. The molecular weight excluding hydrogens is 222 g/mol. The highest BCUT2D eigenvalue weighted by atomic mass is 16.1. The summed E-state index contributed by atoms with van der Waals surface area (Å²) < 4.78 is 0. The van der Waals surface area contributed by atoms with E-state index in [1.807, 2.05) is 30.3 Å². The molecule has 0 bridgehead atoms. The lowest BCUT2D eigenvalue weighted by atomic mass is 10.1. The van der Waals surface area contributed by atoms with Crippen molar-refractivity contribution >= 4 is 17.7 Å². The molecule has 18 heavy (non-hydrogen) atoms. The number of benzene rings is 2. The van der Waals surface area contributed by atoms with E-state index in [1.165, 1.54) is 11.3 Å². The molecule has 1 unspecified atom stereocenters. The van der Waals surface area contributed by atoms with Crippen LogP contribution in [0.2, 0.25) is 0 Å². The quantitative estimate of drug-likeness (QED) is 0.744. The number of carbonyl (C=O) groups is 1. The van der Waals surface area contributed by atoms with Crippen molar-refractivity contribution in [2.45, 2.75) is 19.4 Å². The van der Waals surface area contributed by atoms with E-state index >= 15 is 0 Å². The monoisotopic (exact) mass is 237 g/mol. The number of fused-ring (bicyclic) bond motifs is 1. The van der Waals surface area contributed by atoms with Crippen molar-refractivity contribution in [1.29, 1.82) is 0 Å². The van der Waals surface area contributed by atoms with Crippen molar-refractivity contribution in [3.8, 4) is 0 Å². The third-order valence-electron chi connectivity index (χ3n) is 3.53. The number of rotatable bonds is 2. The van der Waals surface area contributed by atoms with Gasteiger partial charge in [-0.1, -0.05) is 30.3 Å². The van der Waals surface area contributed by atoms with Crippen LogP contribution in [0.5, 0.6) is 0 Å². The average molecular weight is 237 g/mol. The van der Waals surface area contributed by atoms with Gasteiger partial charge < -0.3 is 4.90 Å². The Balaban J connectivity index is 2.14. The lowest BCUT2D eigenvalue weighted by Crippen LogP contribution is -2.24. The van der Waals surface area contributed by atoms with Gasteiger partial charge in [0.2, 0.25) is 0 Å². The molecule has 0 aliphatic carbocycles. The molecule has 1 atom stereocenters. The minimum Gasteiger partial charge on any atom is -0.337 e. The van der Waals surface area contributed by atoms with Gasteiger partial charge in [0.25, 0.3) is 0 Å². The van der Waals surface area contributed by atoms with Gasteiger partial charge in [0, 0.05) is 17.3 Å². The van der Waals surface area contributed by atoms with Crippen molar-refractivity contribution in [2.75, 3.05) is 4.90 Å². The number of hydrogen-bond donors (Lipinski definition) is 0. The standard InChI is InChI=1S/C16H15NO/c1-12-10-13-6-2-4-8-15(13)17(12)16-9-5-3-7-14(16)11-18/h2-9,11-12H,10H2,1H3. The smallest absolute Gasteiger partial charge is 0.152 e. The minimum absolute atomic E-state index is 0.392. The van der Waals surface area contributed by atoms with Gasteiger partial charge in [0.1, 0.15) is 0 Å². The highest BCUT2D eigenvalue weighted by Crippen LogP contribution is 2.39. The Morgan fingerprint density at radius 3 is 2.50 bits per heavy atom. The van der Waals surface area contributed by atoms with Crippen LogP contribution in [0, 0.1) is 0 Å². The summed E-state index contributed by atoms with van der Waals surface area (Å²) in [5, 5.41) is 0. The number of anilines is 2. The van der Waals surface area contributed by atoms with E-state index < -0.39 is 0 Å². The summed E-state index contributed by atoms with van der Waals surface area (Å²) in [6.07, 6.45) is 1.96. The summed E-state index contributed by atoms with van der Waals surface area (Å²) in [7, 11) is 0. The molecule has 2 aromatic carbocycles. The second-order valence-electron chi connectivity index (χ2n) is 4.73. The summed E-state index contributed by atoms with van der Waals surface area (Å²) >= 11 is 0. The fraction of sp³-hybridized carbons (Fsp3) is 0.188. The zero-order valence-electron chi connectivity index (χ0n) is 10.3. The summed E-state index contributed by atoms with van der Waals surface area (Å²) in [6, 6.07) is 16.6. The van der Waals surface area contributed by atoms with Gasteiger partial charge >= 0.3 is 0 Å². The number of aldehydes is 1. The predicted molar refractivity (Wildman–Crippen MR) is 73.6 cm³/mol. The van der Waals surface area contributed by atoms with Crippen molar-refractivity contribution in [2.24, 2.45) is 0 Å². The summed E-state index contributed by atoms with van der Waals surface area (Å²) in [6.45, 7) is 2.20. The van der Waals surface area contributed by atoms with Gasteiger partial charge in [-0.3, -0.25) is 4.79 Å². The maximum absolute atomic E-state index is 11.2. The van der Waals surface area contributed by atoms with Crippen molar-refractivity contribution < 1.29 is 4.79 Å². The highest BCUT2D eigenvalue weighted by Gasteiger charge is 2.27. The van der Waals surface area contributed by atoms with Crippen LogP contribution in [0.1, 0.15) is 22.8 Å². The van der Waals surface area contributed by atoms with Crippen LogP contribution in [0.3, 0.4) is 0 Å². The molecule has 2 heteroatoms. The Morgan fingerprint density at radius 2 is 1.72 bits per heavy atom. The van der Waals surface area contributed by atoms with Gasteiger partial charge in [-0.15, -0.1) is 0 Å². The van der Waals surface area contributed by atoms with Gasteiger partial charge in [0.05, 0.1) is 5.69 Å². The molecule has 3 rings (SSSR count). The number of nitrogens with zero attached hydrogens (tertiary/aromatic N) is 1. The highest BCUT2D eigenvalue weighted by molar-refractivity contribution is 5.88. The number of hydrogen-bond acceptors (Lipinski definition) is 2. The maximum Gasteiger partial charge on any atom is 0.152 e. The van der Waals surface area contributed by atoms with E-state index in [9.17, 15) is 4.79 Å². The van der Waals surface area contributed by atoms with Crippen molar-refractivity contribution in [3.63, 3.8) is 0 Å². The third kappa shape index (κ3) is 1.61. The molecule has 2 nitrogen and oxygen atoms in total. The first-order chi connectivity index (χ1) is 8.81. The third-order valence-corrected chi connectivity index (χ3v) is 3.53. The van der Waals surface area contributed by atoms with Crippen LogP contribution >= 0.6 is 0 Å². The lowest BCUT2D eigenvalue weighted by molar-refractivity contribution is 0.112. The van der Waals surface area contributed by atoms with Crippen LogP contribution in [-0.2, 0) is 6.42 Å². The zero-order valence-corrected chi connectivity index (χ0v) is 10.3. The van der Waals surface area contributed by atoms with E-state index in [0.717, 1.165) is 24.0 Å². The molecule has 90 valence electrons. The molecular formula is C16H15NO. The first-order valence-corrected chi connectivity index (χ1v) is 6.22. The lowest BCUT2D eigenvalue weighted by Gasteiger charge is -2.26. The first kappa shape index (κ1) is 11.0. The SMILES string of the molecule is CC1Cc2ccccc2N1c1ccccc1C=O. The fourth-order valence-electron chi connectivity index (χ4n) is 2.74. The maximum atomic E-state index is 11.2. The van der Waals surface area contributed by atoms with Crippen molar-refractivity contribution in [1.82, 2.24) is 0 Å². The zero-order chi connectivity index (χ0) is 12.5. The second-order valence-corrected chi connectivity index (χ2v) is 4.73. The van der Waals surface area contributed by atoms with Crippen molar-refractivity contribution in [3.05, 3.63) is 59.7 Å². The molecule has 1 aliphatic rings. The van der Waals surface area contributed by atoms with Gasteiger partial charge in [-0.05, 0) is 37.1 Å². The van der Waals surface area contributed by atoms with Gasteiger partial charge in [-0.25, -0.2) is 0 Å². The molecule has 0 fully saturated rings. The molecule has 2 aromatic rings. The Morgan fingerprint density at radius 1 is 1.06 bits per heavy atom. The van der Waals surface area contributed by atoms with E-state index in [0.29, 0.717) is 6.04 Å². The number of carbonyl (C=O) groups excluding carboxylic acids is 1. The van der Waals surface area contributed by atoms with Crippen LogP contribution in [0.25, 0.3) is 0 Å². The molecule has 0 N–H and O–H groups in total. The average Bonchev–Trinajstić information content (AvgIpc) is 2.74. The summed E-state index contributed by atoms with van der Waals surface area (Å²) in [4.78, 5) is 13.4. The van der Waals surface area contributed by atoms with Gasteiger partial charge in [0.15, 0.2) is 6.29 Å². The Kier molecular flexibility index (Phi) is 2.63. The first-order valence-electron chi connectivity index (χ1n) is 6.22. The minimum atomic E-state index is 0.392. The molecule has 1 aliphatic heterocycles. The Bertz CT molecular complexity index is 591. The fourth-order valence-corrected chi connectivity index (χ4v) is 2.74. The molecule has 0 aromatic heterocycles. The predicted octanol–water partition coefficient (Wildman–Crippen LogP) is 3.58. The van der Waals surface area contributed by atoms with E-state index in [-0.39, 0.29) is 0 Å². The number of para-hydroxylation sites is 2. The topological polar surface area (TPSA) is 20.3 Å². The van der Waals surface area contributed by atoms with E-state index in [1.54, 1.807) is 0 Å². The second kappa shape index (κ2) is 4.30. The molecule has 0 saturated heterocycles. The molecule has 0 spiro atoms. The Labute approximate surface area is 107 Å². The van der Waals surface area contributed by atoms with Crippen LogP contribution in [-0.4, -0.2) is 12.3 Å². The largest absolute Gasteiger partial charge is 0.337 e.